The van der Waals surface area contributed by atoms with Gasteiger partial charge in [0, 0.05) is 20.1 Å². The van der Waals surface area contributed by atoms with E-state index in [1.165, 1.54) is 11.3 Å². The minimum atomic E-state index is 0.0609. The van der Waals surface area contributed by atoms with E-state index in [0.717, 1.165) is 31.2 Å². The summed E-state index contributed by atoms with van der Waals surface area (Å²) in [5, 5.41) is 8.79. The molecule has 0 N–H and O–H groups in total. The van der Waals surface area contributed by atoms with E-state index in [2.05, 4.69) is 27.0 Å². The van der Waals surface area contributed by atoms with Crippen LogP contribution in [0.5, 0.6) is 0 Å². The van der Waals surface area contributed by atoms with Crippen LogP contribution in [0.1, 0.15) is 23.1 Å². The van der Waals surface area contributed by atoms with Crippen molar-refractivity contribution in [2.75, 3.05) is 19.8 Å². The van der Waals surface area contributed by atoms with Gasteiger partial charge in [-0.05, 0) is 24.6 Å². The minimum absolute atomic E-state index is 0.0609. The van der Waals surface area contributed by atoms with Crippen LogP contribution in [0.3, 0.4) is 0 Å². The molecule has 25 heavy (non-hydrogen) atoms. The lowest BCUT2D eigenvalue weighted by molar-refractivity contribution is -0.0177. The zero-order chi connectivity index (χ0) is 17.2. The Balaban J connectivity index is 1.65. The van der Waals surface area contributed by atoms with Crippen molar-refractivity contribution in [3.63, 3.8) is 0 Å². The summed E-state index contributed by atoms with van der Waals surface area (Å²) >= 11 is 0. The maximum atomic E-state index is 5.76. The molecule has 0 amide bonds. The molecular weight excluding hydrogens is 316 g/mol. The molecule has 1 saturated heterocycles. The Labute approximate surface area is 146 Å². The van der Waals surface area contributed by atoms with Gasteiger partial charge in [-0.2, -0.15) is 10.2 Å². The molecule has 3 aromatic rings. The summed E-state index contributed by atoms with van der Waals surface area (Å²) in [5.74, 6) is 0.908. The Morgan fingerprint density at radius 1 is 1.20 bits per heavy atom. The quantitative estimate of drug-likeness (QED) is 0.727. The zero-order valence-corrected chi connectivity index (χ0v) is 14.5. The molecule has 7 heteroatoms. The lowest BCUT2D eigenvalue weighted by Gasteiger charge is -2.35. The standard InChI is InChI=1S/C18H22N6O/c1-14-10-20-22(2)16(14)11-23-8-9-25-12-17(23)18-19-13-21-24(18)15-6-4-3-5-7-15/h3-7,10,13,17H,8-9,11-12H2,1-2H3/t17-/m1/s1. The van der Waals surface area contributed by atoms with Gasteiger partial charge in [-0.25, -0.2) is 9.67 Å². The van der Waals surface area contributed by atoms with Gasteiger partial charge in [-0.15, -0.1) is 0 Å². The van der Waals surface area contributed by atoms with Crippen molar-refractivity contribution < 1.29 is 4.74 Å². The van der Waals surface area contributed by atoms with Crippen molar-refractivity contribution in [2.45, 2.75) is 19.5 Å². The number of aromatic nitrogens is 5. The van der Waals surface area contributed by atoms with Crippen LogP contribution in [0.25, 0.3) is 5.69 Å². The molecule has 0 bridgehead atoms. The molecule has 2 aromatic heterocycles. The van der Waals surface area contributed by atoms with Gasteiger partial charge in [0.1, 0.15) is 6.33 Å². The van der Waals surface area contributed by atoms with E-state index < -0.39 is 0 Å². The third kappa shape index (κ3) is 3.08. The van der Waals surface area contributed by atoms with Gasteiger partial charge in [-0.1, -0.05) is 18.2 Å². The molecule has 4 rings (SSSR count). The number of aryl methyl sites for hydroxylation is 2. The van der Waals surface area contributed by atoms with Gasteiger partial charge in [0.15, 0.2) is 5.82 Å². The summed E-state index contributed by atoms with van der Waals surface area (Å²) in [7, 11) is 1.99. The average molecular weight is 338 g/mol. The summed E-state index contributed by atoms with van der Waals surface area (Å²) in [4.78, 5) is 6.95. The lowest BCUT2D eigenvalue weighted by atomic mass is 10.1. The second kappa shape index (κ2) is 6.78. The molecule has 3 heterocycles. The molecule has 0 unspecified atom stereocenters. The molecule has 1 aromatic carbocycles. The van der Waals surface area contributed by atoms with E-state index >= 15 is 0 Å². The normalized spacial score (nSPS) is 18.6. The summed E-state index contributed by atoms with van der Waals surface area (Å²) in [5.41, 5.74) is 3.44. The topological polar surface area (TPSA) is 61.0 Å². The molecule has 7 nitrogen and oxygen atoms in total. The van der Waals surface area contributed by atoms with Gasteiger partial charge in [-0.3, -0.25) is 9.58 Å². The molecule has 1 aliphatic heterocycles. The number of morpholine rings is 1. The van der Waals surface area contributed by atoms with E-state index in [1.807, 2.05) is 52.9 Å². The fourth-order valence-corrected chi connectivity index (χ4v) is 3.30. The van der Waals surface area contributed by atoms with Crippen molar-refractivity contribution >= 4 is 0 Å². The highest BCUT2D eigenvalue weighted by atomic mass is 16.5. The first kappa shape index (κ1) is 16.0. The maximum Gasteiger partial charge on any atom is 0.151 e. The predicted octanol–water partition coefficient (Wildman–Crippen LogP) is 1.88. The summed E-state index contributed by atoms with van der Waals surface area (Å²) < 4.78 is 9.61. The Bertz CT molecular complexity index is 821. The van der Waals surface area contributed by atoms with E-state index in [-0.39, 0.29) is 6.04 Å². The SMILES string of the molecule is Cc1cnn(C)c1CN1CCOC[C@@H]1c1ncnn1-c1ccccc1. The highest BCUT2D eigenvalue weighted by Gasteiger charge is 2.30. The second-order valence-electron chi connectivity index (χ2n) is 6.32. The van der Waals surface area contributed by atoms with Crippen LogP contribution in [0.4, 0.5) is 0 Å². The first-order valence-corrected chi connectivity index (χ1v) is 8.48. The van der Waals surface area contributed by atoms with Gasteiger partial charge < -0.3 is 4.74 Å². The minimum Gasteiger partial charge on any atom is -0.378 e. The third-order valence-electron chi connectivity index (χ3n) is 4.74. The van der Waals surface area contributed by atoms with Gasteiger partial charge in [0.25, 0.3) is 0 Å². The van der Waals surface area contributed by atoms with Gasteiger partial charge in [0.05, 0.1) is 36.8 Å². The Hall–Kier alpha value is -2.51. The summed E-state index contributed by atoms with van der Waals surface area (Å²) in [6.07, 6.45) is 3.53. The van der Waals surface area contributed by atoms with Crippen molar-refractivity contribution in [1.82, 2.24) is 29.4 Å². The number of benzene rings is 1. The van der Waals surface area contributed by atoms with E-state index in [9.17, 15) is 0 Å². The molecule has 0 radical (unpaired) electrons. The van der Waals surface area contributed by atoms with Crippen molar-refractivity contribution in [2.24, 2.45) is 7.05 Å². The molecule has 130 valence electrons. The Kier molecular flexibility index (Phi) is 4.33. The largest absolute Gasteiger partial charge is 0.378 e. The zero-order valence-electron chi connectivity index (χ0n) is 14.5. The van der Waals surface area contributed by atoms with Crippen LogP contribution in [0, 0.1) is 6.92 Å². The maximum absolute atomic E-state index is 5.76. The van der Waals surface area contributed by atoms with Crippen molar-refractivity contribution in [1.29, 1.82) is 0 Å². The van der Waals surface area contributed by atoms with Crippen LogP contribution < -0.4 is 0 Å². The smallest absolute Gasteiger partial charge is 0.151 e. The Morgan fingerprint density at radius 2 is 2.04 bits per heavy atom. The van der Waals surface area contributed by atoms with Crippen LogP contribution in [0.15, 0.2) is 42.9 Å². The highest BCUT2D eigenvalue weighted by molar-refractivity contribution is 5.31. The first-order valence-electron chi connectivity index (χ1n) is 8.48. The predicted molar refractivity (Wildman–Crippen MR) is 93.3 cm³/mol. The van der Waals surface area contributed by atoms with E-state index in [1.54, 1.807) is 6.33 Å². The van der Waals surface area contributed by atoms with Crippen LogP contribution >= 0.6 is 0 Å². The van der Waals surface area contributed by atoms with Crippen LogP contribution in [-0.2, 0) is 18.3 Å². The fraction of sp³-hybridized carbons (Fsp3) is 0.389. The first-order chi connectivity index (χ1) is 12.2. The monoisotopic (exact) mass is 338 g/mol. The highest BCUT2D eigenvalue weighted by Crippen LogP contribution is 2.26. The van der Waals surface area contributed by atoms with Crippen LogP contribution in [0.2, 0.25) is 0 Å². The van der Waals surface area contributed by atoms with E-state index in [0.29, 0.717) is 6.61 Å². The van der Waals surface area contributed by atoms with Crippen molar-refractivity contribution in [3.8, 4) is 5.69 Å². The van der Waals surface area contributed by atoms with Crippen molar-refractivity contribution in [3.05, 3.63) is 59.9 Å². The fourth-order valence-electron chi connectivity index (χ4n) is 3.30. The summed E-state index contributed by atoms with van der Waals surface area (Å²) in [6.45, 7) is 5.12. The summed E-state index contributed by atoms with van der Waals surface area (Å²) in [6, 6.07) is 10.2. The molecule has 1 aliphatic rings. The number of rotatable bonds is 4. The van der Waals surface area contributed by atoms with Gasteiger partial charge in [0.2, 0.25) is 0 Å². The lowest BCUT2D eigenvalue weighted by Crippen LogP contribution is -2.40. The molecule has 0 saturated carbocycles. The van der Waals surface area contributed by atoms with Gasteiger partial charge >= 0.3 is 0 Å². The average Bonchev–Trinajstić information content (AvgIpc) is 3.25. The molecule has 0 aliphatic carbocycles. The molecule has 1 fully saturated rings. The molecule has 0 spiro atoms. The number of nitrogens with zero attached hydrogens (tertiary/aromatic N) is 6. The number of hydrogen-bond donors (Lipinski definition) is 0. The molecule has 1 atom stereocenters. The Morgan fingerprint density at radius 3 is 2.80 bits per heavy atom. The number of hydrogen-bond acceptors (Lipinski definition) is 5. The van der Waals surface area contributed by atoms with E-state index in [4.69, 9.17) is 4.74 Å². The number of para-hydroxylation sites is 1. The third-order valence-corrected chi connectivity index (χ3v) is 4.74. The van der Waals surface area contributed by atoms with Crippen LogP contribution in [-0.4, -0.2) is 49.2 Å². The number of ether oxygens (including phenoxy) is 1. The second-order valence-corrected chi connectivity index (χ2v) is 6.32. The molecular formula is C18H22N6O.